The molecule has 1 unspecified atom stereocenters. The van der Waals surface area contributed by atoms with Gasteiger partial charge in [0.2, 0.25) is 5.91 Å². The predicted molar refractivity (Wildman–Crippen MR) is 95.2 cm³/mol. The minimum Gasteiger partial charge on any atom is -0.352 e. The fraction of sp³-hybridized carbons (Fsp3) is 0.722. The molecule has 1 aromatic heterocycles. The maximum atomic E-state index is 12.2. The van der Waals surface area contributed by atoms with E-state index in [4.69, 9.17) is 0 Å². The molecular formula is C18H29N5O2. The van der Waals surface area contributed by atoms with E-state index in [9.17, 15) is 9.59 Å². The highest BCUT2D eigenvalue weighted by molar-refractivity contribution is 5.93. The van der Waals surface area contributed by atoms with Crippen LogP contribution in [0.2, 0.25) is 0 Å². The fourth-order valence-corrected chi connectivity index (χ4v) is 3.69. The molecule has 25 heavy (non-hydrogen) atoms. The third-order valence-electron chi connectivity index (χ3n) is 5.17. The van der Waals surface area contributed by atoms with E-state index in [1.165, 1.54) is 36.6 Å². The van der Waals surface area contributed by atoms with Gasteiger partial charge < -0.3 is 16.0 Å². The summed E-state index contributed by atoms with van der Waals surface area (Å²) in [6.45, 7) is 2.97. The van der Waals surface area contributed by atoms with E-state index in [-0.39, 0.29) is 18.4 Å². The van der Waals surface area contributed by atoms with Crippen molar-refractivity contribution in [3.05, 3.63) is 18.0 Å². The van der Waals surface area contributed by atoms with Crippen LogP contribution in [0.25, 0.3) is 0 Å². The van der Waals surface area contributed by atoms with Gasteiger partial charge in [0, 0.05) is 18.8 Å². The molecule has 2 fully saturated rings. The van der Waals surface area contributed by atoms with Crippen LogP contribution in [-0.4, -0.2) is 47.3 Å². The zero-order valence-corrected chi connectivity index (χ0v) is 14.8. The van der Waals surface area contributed by atoms with Crippen LogP contribution in [0.4, 0.5) is 0 Å². The van der Waals surface area contributed by atoms with Crippen LogP contribution in [0, 0.1) is 5.92 Å². The smallest absolute Gasteiger partial charge is 0.254 e. The van der Waals surface area contributed by atoms with Crippen LogP contribution in [0.3, 0.4) is 0 Å². The molecule has 2 amide bonds. The zero-order chi connectivity index (χ0) is 17.5. The summed E-state index contributed by atoms with van der Waals surface area (Å²) in [5, 5.41) is 13.5. The van der Waals surface area contributed by atoms with E-state index in [2.05, 4.69) is 21.0 Å². The molecule has 1 atom stereocenters. The molecular weight excluding hydrogens is 318 g/mol. The van der Waals surface area contributed by atoms with Gasteiger partial charge in [-0.2, -0.15) is 5.10 Å². The Morgan fingerprint density at radius 2 is 2.08 bits per heavy atom. The molecule has 1 aliphatic heterocycles. The lowest BCUT2D eigenvalue weighted by atomic mass is 9.95. The maximum Gasteiger partial charge on any atom is 0.254 e. The van der Waals surface area contributed by atoms with Gasteiger partial charge in [-0.1, -0.05) is 19.3 Å². The van der Waals surface area contributed by atoms with E-state index >= 15 is 0 Å². The minimum atomic E-state index is -0.120. The van der Waals surface area contributed by atoms with E-state index in [1.807, 2.05) is 0 Å². The van der Waals surface area contributed by atoms with Gasteiger partial charge in [0.05, 0.1) is 11.8 Å². The first-order chi connectivity index (χ1) is 12.2. The summed E-state index contributed by atoms with van der Waals surface area (Å²) < 4.78 is 1.54. The molecule has 7 nitrogen and oxygen atoms in total. The summed E-state index contributed by atoms with van der Waals surface area (Å²) >= 11 is 0. The van der Waals surface area contributed by atoms with E-state index in [1.54, 1.807) is 6.20 Å². The van der Waals surface area contributed by atoms with Crippen molar-refractivity contribution in [2.75, 3.05) is 19.6 Å². The van der Waals surface area contributed by atoms with Crippen LogP contribution in [0.15, 0.2) is 12.4 Å². The van der Waals surface area contributed by atoms with Crippen LogP contribution in [-0.2, 0) is 11.3 Å². The lowest BCUT2D eigenvalue weighted by Crippen LogP contribution is -2.38. The molecule has 1 aliphatic carbocycles. The molecule has 138 valence electrons. The molecule has 1 saturated carbocycles. The number of nitrogens with zero attached hydrogens (tertiary/aromatic N) is 2. The van der Waals surface area contributed by atoms with Crippen molar-refractivity contribution in [2.45, 2.75) is 57.5 Å². The summed E-state index contributed by atoms with van der Waals surface area (Å²) in [4.78, 5) is 24.3. The van der Waals surface area contributed by atoms with Crippen molar-refractivity contribution in [2.24, 2.45) is 5.92 Å². The van der Waals surface area contributed by atoms with E-state index in [0.717, 1.165) is 32.4 Å². The average molecular weight is 347 g/mol. The topological polar surface area (TPSA) is 88.1 Å². The van der Waals surface area contributed by atoms with Gasteiger partial charge in [-0.3, -0.25) is 14.3 Å². The SMILES string of the molecule is O=C(Cn1cc(C(=O)NCCC2CCNC2)cn1)NC1CCCCC1. The largest absolute Gasteiger partial charge is 0.352 e. The predicted octanol–water partition coefficient (Wildman–Crippen LogP) is 1.06. The second-order valence-electron chi connectivity index (χ2n) is 7.23. The van der Waals surface area contributed by atoms with Gasteiger partial charge in [-0.15, -0.1) is 0 Å². The third kappa shape index (κ3) is 5.56. The van der Waals surface area contributed by atoms with Crippen molar-refractivity contribution in [3.63, 3.8) is 0 Å². The highest BCUT2D eigenvalue weighted by atomic mass is 16.2. The summed E-state index contributed by atoms with van der Waals surface area (Å²) in [5.41, 5.74) is 0.509. The number of aromatic nitrogens is 2. The van der Waals surface area contributed by atoms with Gasteiger partial charge in [0.25, 0.3) is 5.91 Å². The summed E-state index contributed by atoms with van der Waals surface area (Å²) in [6.07, 6.45) is 11.1. The lowest BCUT2D eigenvalue weighted by molar-refractivity contribution is -0.122. The monoisotopic (exact) mass is 347 g/mol. The van der Waals surface area contributed by atoms with Gasteiger partial charge >= 0.3 is 0 Å². The first kappa shape index (κ1) is 17.9. The van der Waals surface area contributed by atoms with Gasteiger partial charge in [0.15, 0.2) is 0 Å². The Bertz CT molecular complexity index is 574. The Morgan fingerprint density at radius 3 is 2.84 bits per heavy atom. The summed E-state index contributed by atoms with van der Waals surface area (Å²) in [5.74, 6) is 0.507. The number of hydrogen-bond acceptors (Lipinski definition) is 4. The minimum absolute atomic E-state index is 0.0318. The molecule has 0 radical (unpaired) electrons. The Hall–Kier alpha value is -1.89. The summed E-state index contributed by atoms with van der Waals surface area (Å²) in [6, 6.07) is 0.296. The fourth-order valence-electron chi connectivity index (χ4n) is 3.69. The Labute approximate surface area is 148 Å². The molecule has 1 aromatic rings. The molecule has 1 saturated heterocycles. The quantitative estimate of drug-likeness (QED) is 0.688. The number of carbonyl (C=O) groups excluding carboxylic acids is 2. The molecule has 2 heterocycles. The second-order valence-corrected chi connectivity index (χ2v) is 7.23. The average Bonchev–Trinajstić information content (AvgIpc) is 3.27. The number of carbonyl (C=O) groups is 2. The van der Waals surface area contributed by atoms with E-state index < -0.39 is 0 Å². The van der Waals surface area contributed by atoms with Crippen LogP contribution in [0.1, 0.15) is 55.3 Å². The van der Waals surface area contributed by atoms with Crippen LogP contribution < -0.4 is 16.0 Å². The molecule has 0 aromatic carbocycles. The van der Waals surface area contributed by atoms with Crippen LogP contribution >= 0.6 is 0 Å². The second kappa shape index (κ2) is 8.99. The molecule has 0 bridgehead atoms. The first-order valence-electron chi connectivity index (χ1n) is 9.51. The molecule has 3 N–H and O–H groups in total. The number of rotatable bonds is 7. The molecule has 0 spiro atoms. The number of amides is 2. The van der Waals surface area contributed by atoms with Crippen molar-refractivity contribution in [3.8, 4) is 0 Å². The van der Waals surface area contributed by atoms with Gasteiger partial charge in [-0.25, -0.2) is 0 Å². The van der Waals surface area contributed by atoms with E-state index in [0.29, 0.717) is 24.1 Å². The summed E-state index contributed by atoms with van der Waals surface area (Å²) in [7, 11) is 0. The van der Waals surface area contributed by atoms with Crippen LogP contribution in [0.5, 0.6) is 0 Å². The van der Waals surface area contributed by atoms with Crippen molar-refractivity contribution >= 4 is 11.8 Å². The third-order valence-corrected chi connectivity index (χ3v) is 5.17. The zero-order valence-electron chi connectivity index (χ0n) is 14.8. The normalized spacial score (nSPS) is 21.2. The van der Waals surface area contributed by atoms with Crippen molar-refractivity contribution in [1.29, 1.82) is 0 Å². The molecule has 3 rings (SSSR count). The number of nitrogens with one attached hydrogen (secondary N) is 3. The van der Waals surface area contributed by atoms with Gasteiger partial charge in [0.1, 0.15) is 6.54 Å². The lowest BCUT2D eigenvalue weighted by Gasteiger charge is -2.22. The van der Waals surface area contributed by atoms with Gasteiger partial charge in [-0.05, 0) is 44.7 Å². The van der Waals surface area contributed by atoms with Crippen molar-refractivity contribution < 1.29 is 9.59 Å². The first-order valence-corrected chi connectivity index (χ1v) is 9.51. The Balaban J connectivity index is 1.39. The Morgan fingerprint density at radius 1 is 1.24 bits per heavy atom. The molecule has 7 heteroatoms. The van der Waals surface area contributed by atoms with Crippen molar-refractivity contribution in [1.82, 2.24) is 25.7 Å². The number of hydrogen-bond donors (Lipinski definition) is 3. The highest BCUT2D eigenvalue weighted by Gasteiger charge is 2.17. The maximum absolute atomic E-state index is 12.2. The molecule has 2 aliphatic rings. The standard InChI is InChI=1S/C18H29N5O2/c24-17(22-16-4-2-1-3-5-16)13-23-12-15(11-21-23)18(25)20-9-7-14-6-8-19-10-14/h11-12,14,16,19H,1-10,13H2,(H,20,25)(H,22,24). The highest BCUT2D eigenvalue weighted by Crippen LogP contribution is 2.17. The Kier molecular flexibility index (Phi) is 6.44.